The summed E-state index contributed by atoms with van der Waals surface area (Å²) in [7, 11) is 0. The van der Waals surface area contributed by atoms with Crippen LogP contribution >= 0.6 is 0 Å². The lowest BCUT2D eigenvalue weighted by Gasteiger charge is -2.43. The van der Waals surface area contributed by atoms with E-state index in [-0.39, 0.29) is 18.0 Å². The molecular weight excluding hydrogens is 325 g/mol. The molecule has 2 N–H and O–H groups in total. The minimum absolute atomic E-state index is 0.159. The van der Waals surface area contributed by atoms with Gasteiger partial charge >= 0.3 is 6.18 Å². The second-order valence-corrected chi connectivity index (χ2v) is 6.30. The molecule has 134 valence electrons. The fourth-order valence-electron chi connectivity index (χ4n) is 3.72. The quantitative estimate of drug-likeness (QED) is 0.765. The standard InChI is InChI=1S/C15H19F3N2O.CH2O2/c16-15(17,18)11-4-7-19-13(9-11)20-8-2-6-14(10-20)5-1-3-12(14)21;2-1-3/h4,7,9,12,21H,1-3,5-6,8,10H2;1H,(H,2,3)/t12-,14+;/m1./s1. The van der Waals surface area contributed by atoms with Gasteiger partial charge in [0, 0.05) is 24.7 Å². The molecule has 1 aromatic heterocycles. The molecule has 1 aliphatic heterocycles. The first-order chi connectivity index (χ1) is 11.3. The molecule has 1 aliphatic carbocycles. The van der Waals surface area contributed by atoms with E-state index in [0.717, 1.165) is 44.2 Å². The molecule has 24 heavy (non-hydrogen) atoms. The molecule has 2 atom stereocenters. The van der Waals surface area contributed by atoms with Crippen molar-refractivity contribution >= 4 is 12.3 Å². The summed E-state index contributed by atoms with van der Waals surface area (Å²) in [4.78, 5) is 14.4. The van der Waals surface area contributed by atoms with E-state index in [1.54, 1.807) is 0 Å². The van der Waals surface area contributed by atoms with Crippen LogP contribution in [-0.4, -0.2) is 40.9 Å². The maximum atomic E-state index is 12.8. The molecule has 8 heteroatoms. The van der Waals surface area contributed by atoms with Gasteiger partial charge < -0.3 is 15.1 Å². The van der Waals surface area contributed by atoms with Crippen molar-refractivity contribution in [2.45, 2.75) is 44.4 Å². The smallest absolute Gasteiger partial charge is 0.416 e. The molecule has 1 saturated carbocycles. The number of aliphatic hydroxyl groups excluding tert-OH is 1. The van der Waals surface area contributed by atoms with Crippen LogP contribution in [0.15, 0.2) is 18.3 Å². The highest BCUT2D eigenvalue weighted by molar-refractivity contribution is 5.43. The van der Waals surface area contributed by atoms with Crippen molar-refractivity contribution in [1.82, 2.24) is 4.98 Å². The van der Waals surface area contributed by atoms with Gasteiger partial charge in [-0.3, -0.25) is 4.79 Å². The summed E-state index contributed by atoms with van der Waals surface area (Å²) in [6.07, 6.45) is 1.09. The molecular formula is C16H21F3N2O3. The number of hydrogen-bond acceptors (Lipinski definition) is 4. The Morgan fingerprint density at radius 2 is 2.00 bits per heavy atom. The van der Waals surface area contributed by atoms with Crippen LogP contribution in [0.5, 0.6) is 0 Å². The van der Waals surface area contributed by atoms with Crippen molar-refractivity contribution in [2.75, 3.05) is 18.0 Å². The molecule has 2 heterocycles. The average molecular weight is 346 g/mol. The third kappa shape index (κ3) is 3.98. The minimum atomic E-state index is -4.35. The van der Waals surface area contributed by atoms with Crippen molar-refractivity contribution < 1.29 is 28.2 Å². The van der Waals surface area contributed by atoms with Gasteiger partial charge in [-0.05, 0) is 37.8 Å². The Morgan fingerprint density at radius 3 is 2.58 bits per heavy atom. The third-order valence-corrected chi connectivity index (χ3v) is 4.86. The lowest BCUT2D eigenvalue weighted by Crippen LogP contribution is -2.47. The summed E-state index contributed by atoms with van der Waals surface area (Å²) in [6, 6.07) is 2.11. The molecule has 1 spiro atoms. The molecule has 5 nitrogen and oxygen atoms in total. The zero-order valence-electron chi connectivity index (χ0n) is 13.2. The summed E-state index contributed by atoms with van der Waals surface area (Å²) in [5.41, 5.74) is -0.826. The van der Waals surface area contributed by atoms with Gasteiger partial charge in [-0.25, -0.2) is 4.98 Å². The molecule has 0 amide bonds. The second-order valence-electron chi connectivity index (χ2n) is 6.30. The van der Waals surface area contributed by atoms with Crippen LogP contribution in [0, 0.1) is 5.41 Å². The van der Waals surface area contributed by atoms with Crippen LogP contribution in [0.2, 0.25) is 0 Å². The van der Waals surface area contributed by atoms with Crippen molar-refractivity contribution in [3.8, 4) is 0 Å². The van der Waals surface area contributed by atoms with Crippen LogP contribution in [0.3, 0.4) is 0 Å². The molecule has 1 aromatic rings. The lowest BCUT2D eigenvalue weighted by atomic mass is 9.76. The number of aromatic nitrogens is 1. The fraction of sp³-hybridized carbons (Fsp3) is 0.625. The van der Waals surface area contributed by atoms with Gasteiger partial charge in [0.25, 0.3) is 6.47 Å². The number of carbonyl (C=O) groups is 1. The van der Waals surface area contributed by atoms with E-state index in [4.69, 9.17) is 9.90 Å². The molecule has 2 aliphatic rings. The van der Waals surface area contributed by atoms with E-state index in [2.05, 4.69) is 4.98 Å². The van der Waals surface area contributed by atoms with Gasteiger partial charge in [0.05, 0.1) is 11.7 Å². The Kier molecular flexibility index (Phi) is 5.69. The summed E-state index contributed by atoms with van der Waals surface area (Å²) in [5, 5.41) is 17.1. The summed E-state index contributed by atoms with van der Waals surface area (Å²) in [6.45, 7) is 1.05. The highest BCUT2D eigenvalue weighted by atomic mass is 19.4. The SMILES string of the molecule is O=CO.O[C@@H]1CCC[C@@]12CCCN(c1cc(C(F)(F)F)ccn1)C2. The summed E-state index contributed by atoms with van der Waals surface area (Å²) < 4.78 is 38.4. The van der Waals surface area contributed by atoms with Crippen LogP contribution in [-0.2, 0) is 11.0 Å². The zero-order chi connectivity index (χ0) is 17.8. The fourth-order valence-corrected chi connectivity index (χ4v) is 3.72. The highest BCUT2D eigenvalue weighted by Crippen LogP contribution is 2.45. The first-order valence-corrected chi connectivity index (χ1v) is 7.86. The van der Waals surface area contributed by atoms with E-state index < -0.39 is 11.7 Å². The monoisotopic (exact) mass is 346 g/mol. The highest BCUT2D eigenvalue weighted by Gasteiger charge is 2.45. The Bertz CT molecular complexity index is 568. The Morgan fingerprint density at radius 1 is 1.33 bits per heavy atom. The first kappa shape index (κ1) is 18.5. The number of anilines is 1. The van der Waals surface area contributed by atoms with E-state index in [9.17, 15) is 18.3 Å². The summed E-state index contributed by atoms with van der Waals surface area (Å²) >= 11 is 0. The van der Waals surface area contributed by atoms with E-state index in [1.165, 1.54) is 6.20 Å². The van der Waals surface area contributed by atoms with Crippen molar-refractivity contribution in [1.29, 1.82) is 0 Å². The lowest BCUT2D eigenvalue weighted by molar-refractivity contribution is -0.137. The Balaban J connectivity index is 0.000000647. The zero-order valence-corrected chi connectivity index (χ0v) is 13.2. The van der Waals surface area contributed by atoms with Crippen LogP contribution in [0.25, 0.3) is 0 Å². The number of halogens is 3. The molecule has 2 fully saturated rings. The molecule has 1 saturated heterocycles. The topological polar surface area (TPSA) is 73.7 Å². The van der Waals surface area contributed by atoms with Crippen LogP contribution in [0.1, 0.15) is 37.7 Å². The van der Waals surface area contributed by atoms with Gasteiger partial charge in [0.15, 0.2) is 0 Å². The van der Waals surface area contributed by atoms with Gasteiger partial charge in [-0.15, -0.1) is 0 Å². The normalized spacial score (nSPS) is 26.8. The molecule has 0 aromatic carbocycles. The molecule has 3 rings (SSSR count). The number of pyridine rings is 1. The second kappa shape index (κ2) is 7.38. The van der Waals surface area contributed by atoms with E-state index in [1.807, 2.05) is 4.90 Å². The molecule has 0 bridgehead atoms. The maximum Gasteiger partial charge on any atom is 0.416 e. The summed E-state index contributed by atoms with van der Waals surface area (Å²) in [5.74, 6) is 0.364. The first-order valence-electron chi connectivity index (χ1n) is 7.86. The minimum Gasteiger partial charge on any atom is -0.483 e. The Labute approximate surface area is 138 Å². The number of aliphatic hydroxyl groups is 1. The number of rotatable bonds is 1. The van der Waals surface area contributed by atoms with Gasteiger partial charge in [0.2, 0.25) is 0 Å². The molecule has 0 radical (unpaired) electrons. The van der Waals surface area contributed by atoms with Crippen molar-refractivity contribution in [2.24, 2.45) is 5.41 Å². The van der Waals surface area contributed by atoms with Gasteiger partial charge in [-0.1, -0.05) is 6.42 Å². The van der Waals surface area contributed by atoms with E-state index in [0.29, 0.717) is 18.9 Å². The average Bonchev–Trinajstić information content (AvgIpc) is 2.88. The Hall–Kier alpha value is -1.83. The maximum absolute atomic E-state index is 12.8. The van der Waals surface area contributed by atoms with Gasteiger partial charge in [0.1, 0.15) is 5.82 Å². The number of alkyl halides is 3. The third-order valence-electron chi connectivity index (χ3n) is 4.86. The van der Waals surface area contributed by atoms with Crippen LogP contribution in [0.4, 0.5) is 19.0 Å². The van der Waals surface area contributed by atoms with Crippen LogP contribution < -0.4 is 4.90 Å². The number of carboxylic acid groups (broad SMARTS) is 1. The van der Waals surface area contributed by atoms with Crippen molar-refractivity contribution in [3.05, 3.63) is 23.9 Å². The number of nitrogens with zero attached hydrogens (tertiary/aromatic N) is 2. The molecule has 0 unspecified atom stereocenters. The van der Waals surface area contributed by atoms with E-state index >= 15 is 0 Å². The predicted octanol–water partition coefficient (Wildman–Crippen LogP) is 2.93. The largest absolute Gasteiger partial charge is 0.483 e. The number of piperidine rings is 1. The van der Waals surface area contributed by atoms with Gasteiger partial charge in [-0.2, -0.15) is 13.2 Å². The number of hydrogen-bond donors (Lipinski definition) is 2. The van der Waals surface area contributed by atoms with Crippen molar-refractivity contribution in [3.63, 3.8) is 0 Å². The predicted molar refractivity (Wildman–Crippen MR) is 81.7 cm³/mol.